The first-order valence-corrected chi connectivity index (χ1v) is 8.58. The zero-order chi connectivity index (χ0) is 17.0. The maximum absolute atomic E-state index is 13.2. The third-order valence-electron chi connectivity index (χ3n) is 5.18. The summed E-state index contributed by atoms with van der Waals surface area (Å²) >= 11 is 0. The quantitative estimate of drug-likeness (QED) is 0.826. The Balaban J connectivity index is 1.79. The van der Waals surface area contributed by atoms with Gasteiger partial charge in [-0.2, -0.15) is 0 Å². The highest BCUT2D eigenvalue weighted by Gasteiger charge is 2.45. The van der Waals surface area contributed by atoms with Crippen molar-refractivity contribution in [3.8, 4) is 0 Å². The number of fused-ring (bicyclic) bond motifs is 1. The summed E-state index contributed by atoms with van der Waals surface area (Å²) in [4.78, 5) is 17.3. The van der Waals surface area contributed by atoms with Gasteiger partial charge < -0.3 is 14.7 Å². The Kier molecular flexibility index (Phi) is 5.33. The summed E-state index contributed by atoms with van der Waals surface area (Å²) in [5.74, 6) is -0.102. The van der Waals surface area contributed by atoms with Crippen LogP contribution in [0.4, 0.5) is 0 Å². The summed E-state index contributed by atoms with van der Waals surface area (Å²) in [6, 6.07) is 9.86. The van der Waals surface area contributed by atoms with Crippen LogP contribution >= 0.6 is 0 Å². The molecule has 1 N–H and O–H groups in total. The summed E-state index contributed by atoms with van der Waals surface area (Å²) in [6.45, 7) is 7.80. The molecule has 2 fully saturated rings. The van der Waals surface area contributed by atoms with Gasteiger partial charge in [0.1, 0.15) is 0 Å². The van der Waals surface area contributed by atoms with Crippen LogP contribution in [0.15, 0.2) is 43.0 Å². The molecular weight excluding hydrogens is 304 g/mol. The Morgan fingerprint density at radius 3 is 2.83 bits per heavy atom. The van der Waals surface area contributed by atoms with Gasteiger partial charge in [0, 0.05) is 26.2 Å². The van der Waals surface area contributed by atoms with Gasteiger partial charge in [-0.3, -0.25) is 9.69 Å². The maximum Gasteiger partial charge on any atom is 0.230 e. The SMILES string of the molecule is C=CCC(C(=O)N1CCN2CCOCC2(CO)C1)c1ccccc1. The second-order valence-corrected chi connectivity index (χ2v) is 6.67. The van der Waals surface area contributed by atoms with E-state index in [4.69, 9.17) is 4.74 Å². The van der Waals surface area contributed by atoms with Crippen molar-refractivity contribution in [1.82, 2.24) is 9.80 Å². The average Bonchev–Trinajstić information content (AvgIpc) is 2.65. The van der Waals surface area contributed by atoms with Gasteiger partial charge >= 0.3 is 0 Å². The molecule has 1 aromatic rings. The fourth-order valence-electron chi connectivity index (χ4n) is 3.77. The third-order valence-corrected chi connectivity index (χ3v) is 5.18. The van der Waals surface area contributed by atoms with Gasteiger partial charge in [-0.05, 0) is 12.0 Å². The zero-order valence-corrected chi connectivity index (χ0v) is 14.1. The Bertz CT molecular complexity index is 577. The van der Waals surface area contributed by atoms with E-state index in [9.17, 15) is 9.90 Å². The minimum atomic E-state index is -0.457. The highest BCUT2D eigenvalue weighted by molar-refractivity contribution is 5.84. The standard InChI is InChI=1S/C19H26N2O3/c1-2-6-17(16-7-4-3-5-8-16)18(23)20-9-10-21-11-12-24-15-19(21,13-20)14-22/h2-5,7-8,17,22H,1,6,9-15H2. The lowest BCUT2D eigenvalue weighted by molar-refractivity contribution is -0.152. The number of morpholine rings is 1. The number of benzene rings is 1. The van der Waals surface area contributed by atoms with Crippen molar-refractivity contribution in [2.45, 2.75) is 17.9 Å². The molecule has 2 heterocycles. The molecule has 2 saturated heterocycles. The molecule has 5 heteroatoms. The Hall–Kier alpha value is -1.69. The summed E-state index contributed by atoms with van der Waals surface area (Å²) in [5.41, 5.74) is 0.560. The van der Waals surface area contributed by atoms with Crippen molar-refractivity contribution in [1.29, 1.82) is 0 Å². The molecule has 2 aliphatic heterocycles. The second-order valence-electron chi connectivity index (χ2n) is 6.67. The number of amides is 1. The molecule has 3 rings (SSSR count). The van der Waals surface area contributed by atoms with Crippen molar-refractivity contribution >= 4 is 5.91 Å². The molecule has 0 radical (unpaired) electrons. The van der Waals surface area contributed by atoms with Crippen LogP contribution in [0.3, 0.4) is 0 Å². The molecule has 5 nitrogen and oxygen atoms in total. The van der Waals surface area contributed by atoms with Gasteiger partial charge in [-0.25, -0.2) is 0 Å². The maximum atomic E-state index is 13.2. The predicted octanol–water partition coefficient (Wildman–Crippen LogP) is 1.25. The second kappa shape index (κ2) is 7.47. The first-order chi connectivity index (χ1) is 11.7. The lowest BCUT2D eigenvalue weighted by Crippen LogP contribution is -2.69. The highest BCUT2D eigenvalue weighted by Crippen LogP contribution is 2.29. The molecule has 0 bridgehead atoms. The first kappa shape index (κ1) is 17.1. The third kappa shape index (κ3) is 3.24. The Labute approximate surface area is 143 Å². The number of ether oxygens (including phenoxy) is 1. The molecule has 2 atom stereocenters. The minimum absolute atomic E-state index is 0.00818. The monoisotopic (exact) mass is 330 g/mol. The van der Waals surface area contributed by atoms with Crippen LogP contribution in [0.25, 0.3) is 0 Å². The predicted molar refractivity (Wildman–Crippen MR) is 92.8 cm³/mol. The van der Waals surface area contributed by atoms with E-state index in [1.807, 2.05) is 35.2 Å². The first-order valence-electron chi connectivity index (χ1n) is 8.58. The highest BCUT2D eigenvalue weighted by atomic mass is 16.5. The van der Waals surface area contributed by atoms with Gasteiger partial charge in [0.15, 0.2) is 0 Å². The van der Waals surface area contributed by atoms with E-state index in [1.54, 1.807) is 6.08 Å². The van der Waals surface area contributed by atoms with Gasteiger partial charge in [0.2, 0.25) is 5.91 Å². The van der Waals surface area contributed by atoms with E-state index in [-0.39, 0.29) is 18.4 Å². The molecular formula is C19H26N2O3. The fourth-order valence-corrected chi connectivity index (χ4v) is 3.77. The molecule has 1 amide bonds. The molecule has 2 aliphatic rings. The van der Waals surface area contributed by atoms with Crippen LogP contribution in [-0.2, 0) is 9.53 Å². The smallest absolute Gasteiger partial charge is 0.230 e. The van der Waals surface area contributed by atoms with Crippen molar-refractivity contribution in [3.05, 3.63) is 48.6 Å². The van der Waals surface area contributed by atoms with E-state index in [1.165, 1.54) is 0 Å². The number of nitrogens with zero attached hydrogens (tertiary/aromatic N) is 2. The Morgan fingerprint density at radius 1 is 1.33 bits per heavy atom. The molecule has 2 unspecified atom stereocenters. The molecule has 0 spiro atoms. The number of piperazine rings is 1. The number of aliphatic hydroxyl groups is 1. The molecule has 0 aliphatic carbocycles. The van der Waals surface area contributed by atoms with Crippen LogP contribution < -0.4 is 0 Å². The lowest BCUT2D eigenvalue weighted by Gasteiger charge is -2.52. The van der Waals surface area contributed by atoms with Crippen LogP contribution in [-0.4, -0.2) is 72.4 Å². The number of aliphatic hydroxyl groups excluding tert-OH is 1. The molecule has 24 heavy (non-hydrogen) atoms. The summed E-state index contributed by atoms with van der Waals surface area (Å²) in [5, 5.41) is 9.96. The topological polar surface area (TPSA) is 53.0 Å². The number of carbonyl (C=O) groups excluding carboxylic acids is 1. The van der Waals surface area contributed by atoms with Crippen LogP contribution in [0.2, 0.25) is 0 Å². The lowest BCUT2D eigenvalue weighted by atomic mass is 9.90. The number of carbonyl (C=O) groups is 1. The van der Waals surface area contributed by atoms with E-state index in [0.29, 0.717) is 32.7 Å². The number of allylic oxidation sites excluding steroid dienone is 1. The van der Waals surface area contributed by atoms with Crippen molar-refractivity contribution < 1.29 is 14.6 Å². The van der Waals surface area contributed by atoms with E-state index >= 15 is 0 Å². The van der Waals surface area contributed by atoms with Crippen molar-refractivity contribution in [2.24, 2.45) is 0 Å². The average molecular weight is 330 g/mol. The van der Waals surface area contributed by atoms with E-state index in [0.717, 1.165) is 18.7 Å². The van der Waals surface area contributed by atoms with Crippen molar-refractivity contribution in [2.75, 3.05) is 46.0 Å². The fraction of sp³-hybridized carbons (Fsp3) is 0.526. The van der Waals surface area contributed by atoms with Crippen LogP contribution in [0.1, 0.15) is 17.9 Å². The van der Waals surface area contributed by atoms with Gasteiger partial charge in [0.05, 0.1) is 31.3 Å². The minimum Gasteiger partial charge on any atom is -0.394 e. The van der Waals surface area contributed by atoms with Gasteiger partial charge in [-0.1, -0.05) is 36.4 Å². The molecule has 0 aromatic heterocycles. The normalized spacial score (nSPS) is 25.8. The zero-order valence-electron chi connectivity index (χ0n) is 14.1. The summed E-state index contributed by atoms with van der Waals surface area (Å²) in [7, 11) is 0. The Morgan fingerprint density at radius 2 is 2.12 bits per heavy atom. The van der Waals surface area contributed by atoms with Gasteiger partial charge in [-0.15, -0.1) is 6.58 Å². The van der Waals surface area contributed by atoms with E-state index in [2.05, 4.69) is 11.5 Å². The largest absolute Gasteiger partial charge is 0.394 e. The van der Waals surface area contributed by atoms with Gasteiger partial charge in [0.25, 0.3) is 0 Å². The van der Waals surface area contributed by atoms with Crippen LogP contribution in [0.5, 0.6) is 0 Å². The van der Waals surface area contributed by atoms with Crippen LogP contribution in [0, 0.1) is 0 Å². The molecule has 130 valence electrons. The summed E-state index contributed by atoms with van der Waals surface area (Å²) in [6.07, 6.45) is 2.42. The molecule has 0 saturated carbocycles. The molecule has 1 aromatic carbocycles. The number of rotatable bonds is 5. The number of hydrogen-bond acceptors (Lipinski definition) is 4. The van der Waals surface area contributed by atoms with E-state index < -0.39 is 5.54 Å². The summed E-state index contributed by atoms with van der Waals surface area (Å²) < 4.78 is 5.60. The number of hydrogen-bond donors (Lipinski definition) is 1. The van der Waals surface area contributed by atoms with Crippen molar-refractivity contribution in [3.63, 3.8) is 0 Å².